The Balaban J connectivity index is 1.54. The number of alkyl halides is 1. The van der Waals surface area contributed by atoms with Crippen LogP contribution >= 0.6 is 19.4 Å². The van der Waals surface area contributed by atoms with Crippen LogP contribution in [-0.2, 0) is 18.6 Å². The monoisotopic (exact) mass is 586 g/mol. The molecule has 11 nitrogen and oxygen atoms in total. The summed E-state index contributed by atoms with van der Waals surface area (Å²) in [5.41, 5.74) is -0.165. The summed E-state index contributed by atoms with van der Waals surface area (Å²) >= 11 is 0.963. The second kappa shape index (κ2) is 12.3. The van der Waals surface area contributed by atoms with Gasteiger partial charge >= 0.3 is 19.3 Å². The molecular weight excluding hydrogens is 554 g/mol. The summed E-state index contributed by atoms with van der Waals surface area (Å²) in [5.74, 6) is -0.708. The molecule has 1 N–H and O–H groups in total. The van der Waals surface area contributed by atoms with Crippen LogP contribution in [0, 0.1) is 12.8 Å². The highest BCUT2D eigenvalue weighted by atomic mass is 32.2. The molecule has 1 aromatic carbocycles. The number of benzene rings is 1. The topological polar surface area (TPSA) is 135 Å². The number of aryl methyl sites for hydroxylation is 1. The smallest absolute Gasteiger partial charge is 0.380 e. The fourth-order valence-corrected chi connectivity index (χ4v) is 7.49. The van der Waals surface area contributed by atoms with Gasteiger partial charge in [-0.3, -0.25) is 13.9 Å². The van der Waals surface area contributed by atoms with Crippen molar-refractivity contribution in [1.82, 2.24) is 9.55 Å². The second-order valence-electron chi connectivity index (χ2n) is 9.61. The molecule has 2 aromatic rings. The van der Waals surface area contributed by atoms with Crippen LogP contribution in [0.2, 0.25) is 0 Å². The molecule has 214 valence electrons. The summed E-state index contributed by atoms with van der Waals surface area (Å²) in [6.07, 6.45) is -2.64. The molecule has 1 fully saturated rings. The number of rotatable bonds is 10. The highest BCUT2D eigenvalue weighted by Crippen LogP contribution is 2.55. The Hall–Kier alpha value is -2.60. The summed E-state index contributed by atoms with van der Waals surface area (Å²) < 4.78 is 58.3. The number of carbonyl (C=O) groups is 1. The van der Waals surface area contributed by atoms with Crippen LogP contribution in [0.4, 0.5) is 4.39 Å². The van der Waals surface area contributed by atoms with E-state index < -0.39 is 48.1 Å². The van der Waals surface area contributed by atoms with Crippen LogP contribution < -0.4 is 19.7 Å². The van der Waals surface area contributed by atoms with Crippen molar-refractivity contribution in [3.05, 3.63) is 46.6 Å². The van der Waals surface area contributed by atoms with E-state index >= 15 is 4.39 Å². The molecule has 0 radical (unpaired) electrons. The standard InChI is InChI=1S/C25H32FN2O9PS/c1-14(2)36-24(30)15(3)13-38(32,37-18-7-5-6-17-22(18)34-11-10-33-17)35-12-19-21(29)20(26)23(39-19)28-9-8-16(4)27-25(28)31/h5-9,14-15,19-21,23,29H,10-13H2,1-4H3/t15-,19-,20+,21-,23-,38?/m1/s1. The van der Waals surface area contributed by atoms with Gasteiger partial charge in [-0.15, -0.1) is 11.8 Å². The first kappa shape index (κ1) is 29.4. The minimum Gasteiger partial charge on any atom is -0.486 e. The number of aliphatic hydroxyl groups is 1. The number of halogens is 1. The Morgan fingerprint density at radius 2 is 2.03 bits per heavy atom. The van der Waals surface area contributed by atoms with Gasteiger partial charge in [0.15, 0.2) is 17.7 Å². The van der Waals surface area contributed by atoms with Crippen LogP contribution in [0.15, 0.2) is 35.3 Å². The molecule has 0 aliphatic carbocycles. The number of aliphatic hydroxyl groups excluding tert-OH is 1. The molecule has 1 aromatic heterocycles. The fraction of sp³-hybridized carbons (Fsp3) is 0.560. The Kier molecular flexibility index (Phi) is 9.25. The number of thioether (sulfide) groups is 1. The number of fused-ring (bicyclic) bond motifs is 1. The van der Waals surface area contributed by atoms with Crippen LogP contribution in [0.1, 0.15) is 31.8 Å². The van der Waals surface area contributed by atoms with Crippen molar-refractivity contribution in [2.45, 2.75) is 56.7 Å². The average Bonchev–Trinajstić information content (AvgIpc) is 3.16. The van der Waals surface area contributed by atoms with E-state index in [1.54, 1.807) is 39.0 Å². The van der Waals surface area contributed by atoms with E-state index in [0.717, 1.165) is 16.3 Å². The zero-order valence-electron chi connectivity index (χ0n) is 22.0. The van der Waals surface area contributed by atoms with Gasteiger partial charge in [-0.05, 0) is 39.0 Å². The van der Waals surface area contributed by atoms with Crippen molar-refractivity contribution in [2.24, 2.45) is 5.92 Å². The van der Waals surface area contributed by atoms with Gasteiger partial charge in [0.25, 0.3) is 0 Å². The molecule has 0 saturated carbocycles. The molecule has 3 heterocycles. The summed E-state index contributed by atoms with van der Waals surface area (Å²) in [5, 5.41) is 8.65. The average molecular weight is 587 g/mol. The van der Waals surface area contributed by atoms with E-state index in [1.807, 2.05) is 0 Å². The summed E-state index contributed by atoms with van der Waals surface area (Å²) in [6, 6.07) is 6.40. The van der Waals surface area contributed by atoms with E-state index in [0.29, 0.717) is 18.1 Å². The normalized spacial score (nSPS) is 24.7. The molecular formula is C25H32FN2O9PS. The number of para-hydroxylation sites is 1. The number of ether oxygens (including phenoxy) is 3. The molecule has 14 heteroatoms. The molecule has 1 unspecified atom stereocenters. The van der Waals surface area contributed by atoms with Crippen molar-refractivity contribution in [3.8, 4) is 17.2 Å². The van der Waals surface area contributed by atoms with Gasteiger partial charge in [0.05, 0.1) is 30.0 Å². The number of hydrogen-bond acceptors (Lipinski definition) is 11. The third-order valence-electron chi connectivity index (χ3n) is 5.99. The summed E-state index contributed by atoms with van der Waals surface area (Å²) in [4.78, 5) is 28.6. The summed E-state index contributed by atoms with van der Waals surface area (Å²) in [6.45, 7) is 6.78. The molecule has 0 bridgehead atoms. The molecule has 2 aliphatic heterocycles. The lowest BCUT2D eigenvalue weighted by molar-refractivity contribution is -0.151. The Morgan fingerprint density at radius 3 is 2.74 bits per heavy atom. The first-order valence-electron chi connectivity index (χ1n) is 12.5. The number of carbonyl (C=O) groups excluding carboxylic acids is 1. The van der Waals surface area contributed by atoms with E-state index in [4.69, 9.17) is 23.3 Å². The van der Waals surface area contributed by atoms with Crippen LogP contribution in [-0.4, -0.2) is 70.2 Å². The lowest BCUT2D eigenvalue weighted by Crippen LogP contribution is -2.33. The van der Waals surface area contributed by atoms with Gasteiger partial charge in [0.1, 0.15) is 24.7 Å². The van der Waals surface area contributed by atoms with E-state index in [2.05, 4.69) is 4.98 Å². The SMILES string of the molecule is Cc1ccn([C@@H]2S[C@H](COP(=O)(C[C@@H](C)C(=O)OC(C)C)Oc3cccc4c3OCCO4)[C@@H](O)[C@@H]2F)c(=O)n1. The van der Waals surface area contributed by atoms with Gasteiger partial charge in [-0.2, -0.15) is 4.98 Å². The zero-order valence-corrected chi connectivity index (χ0v) is 23.7. The van der Waals surface area contributed by atoms with Gasteiger partial charge in [0, 0.05) is 11.9 Å². The maximum Gasteiger partial charge on any atom is 0.380 e. The fourth-order valence-electron chi connectivity index (χ4n) is 4.09. The molecule has 2 aliphatic rings. The zero-order chi connectivity index (χ0) is 28.3. The summed E-state index contributed by atoms with van der Waals surface area (Å²) in [7, 11) is -4.11. The van der Waals surface area contributed by atoms with Crippen molar-refractivity contribution < 1.29 is 42.1 Å². The third-order valence-corrected chi connectivity index (χ3v) is 9.53. The van der Waals surface area contributed by atoms with E-state index in [1.165, 1.54) is 19.2 Å². The van der Waals surface area contributed by atoms with Gasteiger partial charge in [0.2, 0.25) is 5.75 Å². The number of aromatic nitrogens is 2. The minimum absolute atomic E-state index is 0.0955. The number of nitrogens with zero attached hydrogens (tertiary/aromatic N) is 2. The van der Waals surface area contributed by atoms with Gasteiger partial charge in [-0.25, -0.2) is 13.8 Å². The molecule has 0 spiro atoms. The lowest BCUT2D eigenvalue weighted by atomic mass is 10.1. The minimum atomic E-state index is -4.11. The highest BCUT2D eigenvalue weighted by molar-refractivity contribution is 8.00. The Labute approximate surface area is 229 Å². The predicted molar refractivity (Wildman–Crippen MR) is 141 cm³/mol. The quantitative estimate of drug-likeness (QED) is 0.324. The first-order valence-corrected chi connectivity index (χ1v) is 15.2. The van der Waals surface area contributed by atoms with Crippen LogP contribution in [0.5, 0.6) is 17.2 Å². The number of hydrogen-bond donors (Lipinski definition) is 1. The second-order valence-corrected chi connectivity index (χ2v) is 13.0. The van der Waals surface area contributed by atoms with Crippen molar-refractivity contribution in [1.29, 1.82) is 0 Å². The predicted octanol–water partition coefficient (Wildman–Crippen LogP) is 3.51. The largest absolute Gasteiger partial charge is 0.486 e. The van der Waals surface area contributed by atoms with E-state index in [-0.39, 0.29) is 37.0 Å². The molecule has 39 heavy (non-hydrogen) atoms. The van der Waals surface area contributed by atoms with Crippen molar-refractivity contribution >= 4 is 25.3 Å². The lowest BCUT2D eigenvalue weighted by Gasteiger charge is -2.26. The van der Waals surface area contributed by atoms with Gasteiger partial charge in [-0.1, -0.05) is 13.0 Å². The highest BCUT2D eigenvalue weighted by Gasteiger charge is 2.46. The third kappa shape index (κ3) is 6.95. The maximum atomic E-state index is 15.1. The van der Waals surface area contributed by atoms with Crippen LogP contribution in [0.3, 0.4) is 0 Å². The Bertz CT molecular complexity index is 1290. The first-order chi connectivity index (χ1) is 18.5. The molecule has 0 amide bonds. The molecule has 1 saturated heterocycles. The van der Waals surface area contributed by atoms with Crippen LogP contribution in [0.25, 0.3) is 0 Å². The Morgan fingerprint density at radius 1 is 1.28 bits per heavy atom. The van der Waals surface area contributed by atoms with Crippen molar-refractivity contribution in [2.75, 3.05) is 26.0 Å². The molecule has 4 rings (SSSR count). The molecule has 6 atom stereocenters. The van der Waals surface area contributed by atoms with Crippen molar-refractivity contribution in [3.63, 3.8) is 0 Å². The maximum absolute atomic E-state index is 15.1. The number of esters is 1. The van der Waals surface area contributed by atoms with Gasteiger partial charge < -0.3 is 23.8 Å². The van der Waals surface area contributed by atoms with E-state index in [9.17, 15) is 19.3 Å².